The molecule has 0 aliphatic heterocycles. The molecule has 3 atom stereocenters. The number of allylic oxidation sites excluding steroid dienone is 23. The fourth-order valence-electron chi connectivity index (χ4n) is 8.89. The van der Waals surface area contributed by atoms with Crippen LogP contribution in [0.4, 0.5) is 0 Å². The highest BCUT2D eigenvalue weighted by Crippen LogP contribution is 2.43. The predicted octanol–water partition coefficient (Wildman–Crippen LogP) is 21.2. The van der Waals surface area contributed by atoms with Crippen LogP contribution in [-0.2, 0) is 18.4 Å². The molecule has 1 amide bonds. The quantitative estimate of drug-likeness (QED) is 0.0243. The van der Waals surface area contributed by atoms with E-state index < -0.39 is 20.0 Å². The van der Waals surface area contributed by atoms with Gasteiger partial charge in [0.2, 0.25) is 5.91 Å². The van der Waals surface area contributed by atoms with Crippen LogP contribution in [-0.4, -0.2) is 73.4 Å². The van der Waals surface area contributed by atoms with Gasteiger partial charge in [-0.05, 0) is 116 Å². The monoisotopic (exact) mass is 1160 g/mol. The van der Waals surface area contributed by atoms with Crippen LogP contribution in [0.1, 0.15) is 258 Å². The summed E-state index contributed by atoms with van der Waals surface area (Å²) in [5, 5.41) is 13.9. The molecule has 82 heavy (non-hydrogen) atoms. The molecule has 468 valence electrons. The van der Waals surface area contributed by atoms with Crippen molar-refractivity contribution in [3.8, 4) is 0 Å². The summed E-state index contributed by atoms with van der Waals surface area (Å²) >= 11 is 0. The van der Waals surface area contributed by atoms with Gasteiger partial charge in [-0.25, -0.2) is 4.57 Å². The largest absolute Gasteiger partial charge is 0.472 e. The number of carbonyl (C=O) groups is 1. The number of aliphatic hydroxyl groups excluding tert-OH is 1. The van der Waals surface area contributed by atoms with E-state index in [-0.39, 0.29) is 19.1 Å². The number of quaternary nitrogens is 1. The van der Waals surface area contributed by atoms with Gasteiger partial charge in [0.1, 0.15) is 13.2 Å². The van der Waals surface area contributed by atoms with Gasteiger partial charge in [-0.15, -0.1) is 0 Å². The summed E-state index contributed by atoms with van der Waals surface area (Å²) in [7, 11) is 1.53. The molecule has 0 rings (SSSR count). The molecule has 0 bridgehead atoms. The number of rotatable bonds is 59. The van der Waals surface area contributed by atoms with E-state index in [4.69, 9.17) is 9.05 Å². The van der Waals surface area contributed by atoms with E-state index in [1.807, 2.05) is 27.2 Å². The van der Waals surface area contributed by atoms with Crippen molar-refractivity contribution < 1.29 is 32.9 Å². The molecule has 0 spiro atoms. The number of aliphatic hydroxyl groups is 1. The molecule has 3 N–H and O–H groups in total. The summed E-state index contributed by atoms with van der Waals surface area (Å²) in [5.74, 6) is -0.197. The minimum Gasteiger partial charge on any atom is -0.387 e. The third-order valence-corrected chi connectivity index (χ3v) is 15.0. The SMILES string of the molecule is CC/C=C\C/C=C\C/C=C\C/C=C\C/C=C\C/C=C\C/C=C\C/C=C\C/C=C\CCCCCCCCCCCCCCCC(=O)NC(COP(=O)(O)OCC[N+](C)(C)C)C(O)/C=C/CC/C=C/CC/C=C/CCCCCCCCCCC. The molecular formula is C73H126N2O6P+. The van der Waals surface area contributed by atoms with Gasteiger partial charge in [0.15, 0.2) is 0 Å². The number of hydrogen-bond acceptors (Lipinski definition) is 5. The van der Waals surface area contributed by atoms with Crippen molar-refractivity contribution in [1.29, 1.82) is 0 Å². The second kappa shape index (κ2) is 61.9. The van der Waals surface area contributed by atoms with Crippen LogP contribution in [0.25, 0.3) is 0 Å². The Hall–Kier alpha value is -3.62. The number of nitrogens with zero attached hydrogens (tertiary/aromatic N) is 1. The number of phosphoric ester groups is 1. The smallest absolute Gasteiger partial charge is 0.387 e. The Balaban J connectivity index is 4.12. The first-order valence-electron chi connectivity index (χ1n) is 33.2. The Morgan fingerprint density at radius 1 is 0.427 bits per heavy atom. The second-order valence-electron chi connectivity index (χ2n) is 23.1. The Kier molecular flexibility index (Phi) is 59.2. The lowest BCUT2D eigenvalue weighted by atomic mass is 10.0. The summed E-state index contributed by atoms with van der Waals surface area (Å²) in [5.41, 5.74) is 0. The summed E-state index contributed by atoms with van der Waals surface area (Å²) < 4.78 is 23.7. The van der Waals surface area contributed by atoms with Gasteiger partial charge in [-0.3, -0.25) is 13.8 Å². The van der Waals surface area contributed by atoms with Crippen LogP contribution in [0.15, 0.2) is 146 Å². The fraction of sp³-hybridized carbons (Fsp3) is 0.658. The van der Waals surface area contributed by atoms with E-state index in [9.17, 15) is 19.4 Å². The minimum atomic E-state index is -4.37. The third-order valence-electron chi connectivity index (χ3n) is 14.0. The van der Waals surface area contributed by atoms with Crippen molar-refractivity contribution in [2.24, 2.45) is 0 Å². The maximum Gasteiger partial charge on any atom is 0.472 e. The molecule has 0 saturated heterocycles. The molecule has 0 aliphatic rings. The van der Waals surface area contributed by atoms with Crippen LogP contribution in [0.2, 0.25) is 0 Å². The van der Waals surface area contributed by atoms with E-state index in [1.54, 1.807) is 6.08 Å². The van der Waals surface area contributed by atoms with Crippen LogP contribution >= 0.6 is 7.82 Å². The zero-order chi connectivity index (χ0) is 59.8. The molecule has 0 aromatic rings. The van der Waals surface area contributed by atoms with Crippen molar-refractivity contribution >= 4 is 13.7 Å². The van der Waals surface area contributed by atoms with Crippen molar-refractivity contribution in [3.63, 3.8) is 0 Å². The predicted molar refractivity (Wildman–Crippen MR) is 359 cm³/mol. The molecule has 8 nitrogen and oxygen atoms in total. The van der Waals surface area contributed by atoms with Crippen LogP contribution in [0.3, 0.4) is 0 Å². The highest BCUT2D eigenvalue weighted by molar-refractivity contribution is 7.47. The minimum absolute atomic E-state index is 0.0475. The molecule has 0 heterocycles. The Morgan fingerprint density at radius 3 is 1.12 bits per heavy atom. The lowest BCUT2D eigenvalue weighted by Gasteiger charge is -2.25. The first kappa shape index (κ1) is 78.4. The highest BCUT2D eigenvalue weighted by atomic mass is 31.2. The van der Waals surface area contributed by atoms with Crippen LogP contribution in [0.5, 0.6) is 0 Å². The maximum absolute atomic E-state index is 13.0. The van der Waals surface area contributed by atoms with E-state index in [1.165, 1.54) is 135 Å². The number of likely N-dealkylation sites (N-methyl/N-ethyl adjacent to an activating group) is 1. The molecule has 0 fully saturated rings. The van der Waals surface area contributed by atoms with Gasteiger partial charge in [0.05, 0.1) is 39.9 Å². The van der Waals surface area contributed by atoms with Gasteiger partial charge in [-0.1, -0.05) is 282 Å². The molecule has 0 aromatic carbocycles. The first-order chi connectivity index (χ1) is 40.0. The second-order valence-corrected chi connectivity index (χ2v) is 24.5. The van der Waals surface area contributed by atoms with Gasteiger partial charge < -0.3 is 19.8 Å². The number of nitrogens with one attached hydrogen (secondary N) is 1. The van der Waals surface area contributed by atoms with Crippen molar-refractivity contribution in [3.05, 3.63) is 146 Å². The molecule has 0 radical (unpaired) electrons. The normalized spacial score (nSPS) is 14.7. The van der Waals surface area contributed by atoms with Crippen molar-refractivity contribution in [2.45, 2.75) is 270 Å². The summed E-state index contributed by atoms with van der Waals surface area (Å²) in [4.78, 5) is 23.4. The first-order valence-corrected chi connectivity index (χ1v) is 34.7. The Bertz CT molecular complexity index is 1840. The van der Waals surface area contributed by atoms with Crippen LogP contribution in [0, 0.1) is 0 Å². The van der Waals surface area contributed by atoms with E-state index in [2.05, 4.69) is 153 Å². The van der Waals surface area contributed by atoms with Gasteiger partial charge in [0, 0.05) is 6.42 Å². The molecule has 0 aliphatic carbocycles. The van der Waals surface area contributed by atoms with Crippen molar-refractivity contribution in [1.82, 2.24) is 5.32 Å². The molecular weight excluding hydrogens is 1030 g/mol. The van der Waals surface area contributed by atoms with Gasteiger partial charge >= 0.3 is 7.82 Å². The number of unbranched alkanes of at least 4 members (excludes halogenated alkanes) is 24. The molecule has 3 unspecified atom stereocenters. The maximum atomic E-state index is 13.0. The zero-order valence-electron chi connectivity index (χ0n) is 53.4. The topological polar surface area (TPSA) is 105 Å². The van der Waals surface area contributed by atoms with E-state index >= 15 is 0 Å². The standard InChI is InChI=1S/C73H125N2O6P/c1-6-8-10-12-14-16-18-20-22-24-26-27-28-29-30-31-32-33-34-35-36-37-38-39-40-41-42-43-44-45-46-47-49-51-53-55-57-59-61-63-65-67-73(77)74-71(70-81-82(78,79)80-69-68-75(3,4)5)72(76)66-64-62-60-58-56-54-52-50-48-25-23-21-19-17-15-13-11-9-7-2/h8,10,14,16,20,22,26-27,29-30,32-33,35-36,38-39,41-42,48,50,56,58,64,66,71-72,76H,6-7,9,11-13,15,17-19,21,23-25,28,31,34,37,40,43-47,49,51-55,57,59-63,65,67-70H2,1-5H3,(H-,74,77,78,79)/p+1/b10-8-,16-14-,22-20-,27-26-,30-29-,33-32-,36-35-,39-38-,42-41-,50-48+,58-56+,66-64+. The number of hydrogen-bond donors (Lipinski definition) is 3. The number of phosphoric acid groups is 1. The average Bonchev–Trinajstić information content (AvgIpc) is 3.47. The van der Waals surface area contributed by atoms with Gasteiger partial charge in [-0.2, -0.15) is 0 Å². The van der Waals surface area contributed by atoms with Crippen molar-refractivity contribution in [2.75, 3.05) is 40.9 Å². The Morgan fingerprint density at radius 2 is 0.744 bits per heavy atom. The van der Waals surface area contributed by atoms with E-state index in [0.29, 0.717) is 17.4 Å². The third kappa shape index (κ3) is 64.0. The molecule has 0 aromatic heterocycles. The van der Waals surface area contributed by atoms with Crippen LogP contribution < -0.4 is 5.32 Å². The average molecular weight is 1160 g/mol. The molecule has 0 saturated carbocycles. The lowest BCUT2D eigenvalue weighted by Crippen LogP contribution is -2.45. The zero-order valence-corrected chi connectivity index (χ0v) is 54.3. The molecule has 9 heteroatoms. The fourth-order valence-corrected chi connectivity index (χ4v) is 9.63. The lowest BCUT2D eigenvalue weighted by molar-refractivity contribution is -0.870. The number of carbonyl (C=O) groups excluding carboxylic acids is 1. The summed E-state index contributed by atoms with van der Waals surface area (Å²) in [6, 6.07) is -0.880. The summed E-state index contributed by atoms with van der Waals surface area (Å²) in [6.07, 6.45) is 95.5. The Labute approximate surface area is 506 Å². The number of amides is 1. The van der Waals surface area contributed by atoms with E-state index in [0.717, 1.165) is 103 Å². The van der Waals surface area contributed by atoms with Gasteiger partial charge in [0.25, 0.3) is 0 Å². The summed E-state index contributed by atoms with van der Waals surface area (Å²) in [6.45, 7) is 4.67. The highest BCUT2D eigenvalue weighted by Gasteiger charge is 2.27.